The molecule has 5 heteroatoms. The fraction of sp³-hybridized carbons (Fsp3) is 0.250. The number of Topliss-reactive ketones (excluding diaryl/α,β-unsaturated/α-hetero) is 1. The van der Waals surface area contributed by atoms with Crippen molar-refractivity contribution < 1.29 is 9.59 Å². The van der Waals surface area contributed by atoms with E-state index >= 15 is 0 Å². The van der Waals surface area contributed by atoms with E-state index in [1.54, 1.807) is 0 Å². The molecule has 1 aliphatic heterocycles. The van der Waals surface area contributed by atoms with E-state index in [1.165, 1.54) is 24.2 Å². The van der Waals surface area contributed by atoms with E-state index in [9.17, 15) is 9.59 Å². The predicted molar refractivity (Wildman–Crippen MR) is 72.2 cm³/mol. The predicted octanol–water partition coefficient (Wildman–Crippen LogP) is 2.51. The maximum absolute atomic E-state index is 11.5. The molecule has 0 saturated carbocycles. The van der Waals surface area contributed by atoms with Gasteiger partial charge in [-0.25, -0.2) is 0 Å². The zero-order valence-corrected chi connectivity index (χ0v) is 10.9. The van der Waals surface area contributed by atoms with Crippen molar-refractivity contribution in [3.8, 4) is 0 Å². The van der Waals surface area contributed by atoms with Gasteiger partial charge in [-0.2, -0.15) is 0 Å². The molecule has 0 saturated heterocycles. The third kappa shape index (κ3) is 3.20. The highest BCUT2D eigenvalue weighted by molar-refractivity contribution is 8.45. The average Bonchev–Trinajstić information content (AvgIpc) is 2.69. The third-order valence-corrected chi connectivity index (χ3v) is 4.37. The van der Waals surface area contributed by atoms with Crippen LogP contribution in [0.4, 0.5) is 0 Å². The fourth-order valence-corrected chi connectivity index (χ4v) is 3.35. The number of hydrogen-bond donors (Lipinski definition) is 0. The summed E-state index contributed by atoms with van der Waals surface area (Å²) in [5.41, 5.74) is 1.18. The van der Waals surface area contributed by atoms with Gasteiger partial charge in [-0.05, 0) is 24.2 Å². The first-order chi connectivity index (χ1) is 8.16. The van der Waals surface area contributed by atoms with Gasteiger partial charge >= 0.3 is 0 Å². The summed E-state index contributed by atoms with van der Waals surface area (Å²) in [6.07, 6.45) is 0. The molecule has 0 bridgehead atoms. The molecule has 1 atom stereocenters. The molecular formula is C12H11NO2S2. The molecule has 88 valence electrons. The topological polar surface area (TPSA) is 46.5 Å². The molecule has 0 aliphatic carbocycles. The van der Waals surface area contributed by atoms with E-state index in [1.807, 2.05) is 30.3 Å². The van der Waals surface area contributed by atoms with Gasteiger partial charge in [-0.15, -0.1) is 0 Å². The molecule has 0 aromatic heterocycles. The maximum atomic E-state index is 11.5. The van der Waals surface area contributed by atoms with Crippen LogP contribution in [-0.4, -0.2) is 21.3 Å². The van der Waals surface area contributed by atoms with Gasteiger partial charge in [0.15, 0.2) is 11.8 Å². The lowest BCUT2D eigenvalue weighted by Gasteiger charge is -1.99. The monoisotopic (exact) mass is 265 g/mol. The van der Waals surface area contributed by atoms with Crippen molar-refractivity contribution in [1.29, 1.82) is 0 Å². The summed E-state index contributed by atoms with van der Waals surface area (Å²) in [6, 6.07) is 9.19. The van der Waals surface area contributed by atoms with Gasteiger partial charge < -0.3 is 0 Å². The quantitative estimate of drug-likeness (QED) is 0.788. The molecule has 0 radical (unpaired) electrons. The Hall–Kier alpha value is -1.07. The van der Waals surface area contributed by atoms with Crippen LogP contribution in [0.5, 0.6) is 0 Å². The van der Waals surface area contributed by atoms with Gasteiger partial charge in [0.25, 0.3) is 0 Å². The number of thioether (sulfide) groups is 2. The van der Waals surface area contributed by atoms with E-state index in [4.69, 9.17) is 0 Å². The van der Waals surface area contributed by atoms with Crippen molar-refractivity contribution >= 4 is 38.8 Å². The Balaban J connectivity index is 1.95. The molecule has 1 unspecified atom stereocenters. The first-order valence-electron chi connectivity index (χ1n) is 5.13. The van der Waals surface area contributed by atoms with E-state index in [2.05, 4.69) is 4.99 Å². The SMILES string of the molecule is CC(=O)C1N=C(SCc2ccccc2)SC1=O. The summed E-state index contributed by atoms with van der Waals surface area (Å²) in [6.45, 7) is 1.40. The molecule has 0 spiro atoms. The molecule has 0 fully saturated rings. The van der Waals surface area contributed by atoms with Crippen LogP contribution in [-0.2, 0) is 15.3 Å². The Kier molecular flexibility index (Phi) is 4.02. The maximum Gasteiger partial charge on any atom is 0.227 e. The van der Waals surface area contributed by atoms with Crippen molar-refractivity contribution in [1.82, 2.24) is 0 Å². The largest absolute Gasteiger partial charge is 0.297 e. The summed E-state index contributed by atoms with van der Waals surface area (Å²) in [7, 11) is 0. The van der Waals surface area contributed by atoms with Crippen LogP contribution in [0.2, 0.25) is 0 Å². The number of carbonyl (C=O) groups is 2. The minimum Gasteiger partial charge on any atom is -0.297 e. The lowest BCUT2D eigenvalue weighted by Crippen LogP contribution is -2.19. The summed E-state index contributed by atoms with van der Waals surface area (Å²) in [4.78, 5) is 26.7. The second-order valence-electron chi connectivity index (χ2n) is 3.60. The molecule has 1 heterocycles. The third-order valence-electron chi connectivity index (χ3n) is 2.24. The Bertz CT molecular complexity index is 471. The molecule has 1 aromatic carbocycles. The Labute approximate surface area is 108 Å². The lowest BCUT2D eigenvalue weighted by atomic mass is 10.2. The van der Waals surface area contributed by atoms with E-state index in [0.717, 1.165) is 17.5 Å². The first-order valence-corrected chi connectivity index (χ1v) is 6.93. The van der Waals surface area contributed by atoms with Crippen LogP contribution < -0.4 is 0 Å². The number of ketones is 1. The van der Waals surface area contributed by atoms with Crippen molar-refractivity contribution in [3.05, 3.63) is 35.9 Å². The minimum atomic E-state index is -0.779. The van der Waals surface area contributed by atoms with Crippen LogP contribution >= 0.6 is 23.5 Å². The van der Waals surface area contributed by atoms with Crippen molar-refractivity contribution in [2.24, 2.45) is 4.99 Å². The molecule has 0 N–H and O–H groups in total. The number of nitrogens with zero attached hydrogens (tertiary/aromatic N) is 1. The molecule has 0 amide bonds. The standard InChI is InChI=1S/C12H11NO2S2/c1-8(14)10-11(15)17-12(13-10)16-7-9-5-3-2-4-6-9/h2-6,10H,7H2,1H3. The normalized spacial score (nSPS) is 19.2. The zero-order valence-electron chi connectivity index (χ0n) is 9.25. The number of benzene rings is 1. The van der Waals surface area contributed by atoms with Gasteiger partial charge in [-0.3, -0.25) is 14.6 Å². The van der Waals surface area contributed by atoms with Gasteiger partial charge in [0, 0.05) is 5.75 Å². The van der Waals surface area contributed by atoms with E-state index in [-0.39, 0.29) is 10.9 Å². The summed E-state index contributed by atoms with van der Waals surface area (Å²) >= 11 is 2.58. The number of aliphatic imine (C=N–C) groups is 1. The Morgan fingerprint density at radius 2 is 2.12 bits per heavy atom. The first kappa shape index (κ1) is 12.4. The van der Waals surface area contributed by atoms with Gasteiger partial charge in [0.2, 0.25) is 5.12 Å². The Morgan fingerprint density at radius 3 is 2.71 bits per heavy atom. The van der Waals surface area contributed by atoms with Crippen LogP contribution in [0.3, 0.4) is 0 Å². The molecular weight excluding hydrogens is 254 g/mol. The fourth-order valence-electron chi connectivity index (χ4n) is 1.37. The smallest absolute Gasteiger partial charge is 0.227 e. The van der Waals surface area contributed by atoms with Crippen LogP contribution in [0, 0.1) is 0 Å². The highest BCUT2D eigenvalue weighted by Gasteiger charge is 2.31. The molecule has 1 aliphatic rings. The summed E-state index contributed by atoms with van der Waals surface area (Å²) < 4.78 is 0.694. The van der Waals surface area contributed by atoms with E-state index < -0.39 is 6.04 Å². The molecule has 2 rings (SSSR count). The van der Waals surface area contributed by atoms with Gasteiger partial charge in [0.1, 0.15) is 4.38 Å². The van der Waals surface area contributed by atoms with Crippen molar-refractivity contribution in [2.75, 3.05) is 0 Å². The van der Waals surface area contributed by atoms with Crippen molar-refractivity contribution in [3.63, 3.8) is 0 Å². The van der Waals surface area contributed by atoms with Gasteiger partial charge in [-0.1, -0.05) is 42.1 Å². The molecule has 17 heavy (non-hydrogen) atoms. The number of carbonyl (C=O) groups excluding carboxylic acids is 2. The van der Waals surface area contributed by atoms with Gasteiger partial charge in [0.05, 0.1) is 0 Å². The zero-order chi connectivity index (χ0) is 12.3. The van der Waals surface area contributed by atoms with Crippen molar-refractivity contribution in [2.45, 2.75) is 18.7 Å². The lowest BCUT2D eigenvalue weighted by molar-refractivity contribution is -0.123. The van der Waals surface area contributed by atoms with Crippen LogP contribution in [0.15, 0.2) is 35.3 Å². The summed E-state index contributed by atoms with van der Waals surface area (Å²) in [5.74, 6) is 0.586. The highest BCUT2D eigenvalue weighted by Crippen LogP contribution is 2.29. The van der Waals surface area contributed by atoms with Crippen LogP contribution in [0.1, 0.15) is 12.5 Å². The summed E-state index contributed by atoms with van der Waals surface area (Å²) in [5, 5.41) is -0.159. The average molecular weight is 265 g/mol. The van der Waals surface area contributed by atoms with E-state index in [0.29, 0.717) is 4.38 Å². The molecule has 1 aromatic rings. The second kappa shape index (κ2) is 5.51. The number of hydrogen-bond acceptors (Lipinski definition) is 5. The Morgan fingerprint density at radius 1 is 1.41 bits per heavy atom. The highest BCUT2D eigenvalue weighted by atomic mass is 32.2. The number of rotatable bonds is 3. The second-order valence-corrected chi connectivity index (χ2v) is 5.82. The molecule has 3 nitrogen and oxygen atoms in total. The minimum absolute atomic E-state index is 0.159. The van der Waals surface area contributed by atoms with Crippen LogP contribution in [0.25, 0.3) is 0 Å².